The van der Waals surface area contributed by atoms with Crippen LogP contribution in [-0.4, -0.2) is 11.1 Å². The van der Waals surface area contributed by atoms with E-state index in [1.54, 1.807) is 6.92 Å². The summed E-state index contributed by atoms with van der Waals surface area (Å²) in [4.78, 5) is 11.2. The molecule has 70 valence electrons. The van der Waals surface area contributed by atoms with Crippen molar-refractivity contribution in [2.75, 3.05) is 11.1 Å². The van der Waals surface area contributed by atoms with E-state index >= 15 is 0 Å². The largest absolute Gasteiger partial charge is 0.396 e. The van der Waals surface area contributed by atoms with Crippen molar-refractivity contribution in [3.8, 4) is 0 Å². The first-order valence-electron chi connectivity index (χ1n) is 3.71. The number of aryl methyl sites for hydroxylation is 1. The van der Waals surface area contributed by atoms with Crippen molar-refractivity contribution < 1.29 is 9.18 Å². The summed E-state index contributed by atoms with van der Waals surface area (Å²) < 4.78 is 13.3. The predicted molar refractivity (Wildman–Crippen MR) is 53.7 cm³/mol. The molecule has 0 heterocycles. The van der Waals surface area contributed by atoms with Crippen LogP contribution in [0, 0.1) is 12.7 Å². The Hall–Kier alpha value is -0.900. The summed E-state index contributed by atoms with van der Waals surface area (Å²) in [6.07, 6.45) is 0. The van der Waals surface area contributed by atoms with Crippen LogP contribution < -0.4 is 5.73 Å². The van der Waals surface area contributed by atoms with Crippen LogP contribution in [0.2, 0.25) is 0 Å². The lowest BCUT2D eigenvalue weighted by Gasteiger charge is -2.04. The molecule has 0 radical (unpaired) electrons. The van der Waals surface area contributed by atoms with E-state index in [0.717, 1.165) is 5.56 Å². The zero-order valence-electron chi connectivity index (χ0n) is 7.10. The minimum Gasteiger partial charge on any atom is -0.396 e. The van der Waals surface area contributed by atoms with E-state index in [4.69, 9.17) is 5.73 Å². The number of rotatable bonds is 2. The normalized spacial score (nSPS) is 10.1. The monoisotopic (exact) mass is 245 g/mol. The summed E-state index contributed by atoms with van der Waals surface area (Å²) in [5.41, 5.74) is 6.22. The number of Topliss-reactive ketones (excluding diaryl/α,β-unsaturated/α-hetero) is 1. The molecule has 4 heteroatoms. The molecule has 0 aliphatic rings. The van der Waals surface area contributed by atoms with Gasteiger partial charge in [-0.05, 0) is 24.6 Å². The van der Waals surface area contributed by atoms with Crippen LogP contribution in [-0.2, 0) is 0 Å². The fourth-order valence-electron chi connectivity index (χ4n) is 1.07. The van der Waals surface area contributed by atoms with Gasteiger partial charge < -0.3 is 5.73 Å². The van der Waals surface area contributed by atoms with Gasteiger partial charge in [-0.15, -0.1) is 0 Å². The van der Waals surface area contributed by atoms with Crippen molar-refractivity contribution in [2.24, 2.45) is 0 Å². The number of ketones is 1. The summed E-state index contributed by atoms with van der Waals surface area (Å²) >= 11 is 2.98. The number of carbonyl (C=O) groups is 1. The zero-order chi connectivity index (χ0) is 10.0. The number of hydrogen-bond acceptors (Lipinski definition) is 2. The third-order valence-electron chi connectivity index (χ3n) is 1.67. The van der Waals surface area contributed by atoms with Crippen molar-refractivity contribution in [3.05, 3.63) is 29.1 Å². The van der Waals surface area contributed by atoms with E-state index in [2.05, 4.69) is 15.9 Å². The average molecular weight is 246 g/mol. The SMILES string of the molecule is Cc1cc(N)c(F)c(C(=O)CBr)c1. The summed E-state index contributed by atoms with van der Waals surface area (Å²) in [7, 11) is 0. The Bertz CT molecular complexity index is 352. The van der Waals surface area contributed by atoms with Gasteiger partial charge in [-0.2, -0.15) is 0 Å². The molecule has 0 aliphatic carbocycles. The molecule has 0 saturated heterocycles. The van der Waals surface area contributed by atoms with Crippen molar-refractivity contribution >= 4 is 27.4 Å². The van der Waals surface area contributed by atoms with Crippen molar-refractivity contribution in [3.63, 3.8) is 0 Å². The molecule has 2 nitrogen and oxygen atoms in total. The van der Waals surface area contributed by atoms with Gasteiger partial charge in [0, 0.05) is 0 Å². The second-order valence-electron chi connectivity index (χ2n) is 2.77. The summed E-state index contributed by atoms with van der Waals surface area (Å²) in [5, 5.41) is 0.104. The molecule has 1 aromatic rings. The summed E-state index contributed by atoms with van der Waals surface area (Å²) in [5.74, 6) is -0.928. The molecule has 0 amide bonds. The number of carbonyl (C=O) groups excluding carboxylic acids is 1. The Morgan fingerprint density at radius 2 is 2.23 bits per heavy atom. The zero-order valence-corrected chi connectivity index (χ0v) is 8.69. The van der Waals surface area contributed by atoms with Gasteiger partial charge in [0.05, 0.1) is 16.6 Å². The van der Waals surface area contributed by atoms with Gasteiger partial charge in [-0.1, -0.05) is 15.9 Å². The minimum atomic E-state index is -0.630. The van der Waals surface area contributed by atoms with Crippen LogP contribution in [0.1, 0.15) is 15.9 Å². The van der Waals surface area contributed by atoms with Crippen LogP contribution in [0.25, 0.3) is 0 Å². The number of hydrogen-bond donors (Lipinski definition) is 1. The van der Waals surface area contributed by atoms with Gasteiger partial charge in [0.2, 0.25) is 0 Å². The molecule has 0 saturated carbocycles. The van der Waals surface area contributed by atoms with E-state index in [0.29, 0.717) is 0 Å². The Morgan fingerprint density at radius 1 is 1.62 bits per heavy atom. The summed E-state index contributed by atoms with van der Waals surface area (Å²) in [6, 6.07) is 3.00. The maximum atomic E-state index is 13.3. The van der Waals surface area contributed by atoms with Crippen molar-refractivity contribution in [1.82, 2.24) is 0 Å². The fourth-order valence-corrected chi connectivity index (χ4v) is 1.37. The van der Waals surface area contributed by atoms with Crippen LogP contribution in [0.15, 0.2) is 12.1 Å². The van der Waals surface area contributed by atoms with Crippen LogP contribution in [0.5, 0.6) is 0 Å². The Kier molecular flexibility index (Phi) is 3.03. The van der Waals surface area contributed by atoms with Crippen LogP contribution >= 0.6 is 15.9 Å². The standard InChI is InChI=1S/C9H9BrFNO/c1-5-2-6(8(13)4-10)9(11)7(12)3-5/h2-3H,4,12H2,1H3. The molecule has 1 aromatic carbocycles. The molecule has 13 heavy (non-hydrogen) atoms. The molecular weight excluding hydrogens is 237 g/mol. The van der Waals surface area contributed by atoms with Gasteiger partial charge in [-0.3, -0.25) is 4.79 Å². The smallest absolute Gasteiger partial charge is 0.176 e. The highest BCUT2D eigenvalue weighted by Crippen LogP contribution is 2.18. The first-order valence-corrected chi connectivity index (χ1v) is 4.83. The van der Waals surface area contributed by atoms with Gasteiger partial charge >= 0.3 is 0 Å². The first kappa shape index (κ1) is 10.2. The average Bonchev–Trinajstić information content (AvgIpc) is 2.10. The lowest BCUT2D eigenvalue weighted by molar-refractivity contribution is 0.102. The number of alkyl halides is 1. The van der Waals surface area contributed by atoms with Crippen LogP contribution in [0.3, 0.4) is 0 Å². The quantitative estimate of drug-likeness (QED) is 0.494. The van der Waals surface area contributed by atoms with E-state index in [9.17, 15) is 9.18 Å². The Labute approximate surface area is 84.1 Å². The van der Waals surface area contributed by atoms with Crippen molar-refractivity contribution in [2.45, 2.75) is 6.92 Å². The number of nitrogen functional groups attached to an aromatic ring is 1. The number of anilines is 1. The van der Waals surface area contributed by atoms with E-state index in [1.165, 1.54) is 12.1 Å². The highest BCUT2D eigenvalue weighted by molar-refractivity contribution is 9.09. The molecule has 2 N–H and O–H groups in total. The van der Waals surface area contributed by atoms with Crippen LogP contribution in [0.4, 0.5) is 10.1 Å². The molecule has 0 aromatic heterocycles. The third-order valence-corrected chi connectivity index (χ3v) is 2.18. The first-order chi connectivity index (χ1) is 6.06. The fraction of sp³-hybridized carbons (Fsp3) is 0.222. The Morgan fingerprint density at radius 3 is 2.77 bits per heavy atom. The maximum Gasteiger partial charge on any atom is 0.176 e. The molecule has 0 atom stereocenters. The molecule has 0 aliphatic heterocycles. The lowest BCUT2D eigenvalue weighted by atomic mass is 10.1. The van der Waals surface area contributed by atoms with Gasteiger partial charge in [0.25, 0.3) is 0 Å². The highest BCUT2D eigenvalue weighted by atomic mass is 79.9. The second-order valence-corrected chi connectivity index (χ2v) is 3.33. The van der Waals surface area contributed by atoms with Gasteiger partial charge in [-0.25, -0.2) is 4.39 Å². The van der Waals surface area contributed by atoms with E-state index < -0.39 is 5.82 Å². The van der Waals surface area contributed by atoms with E-state index in [1.807, 2.05) is 0 Å². The summed E-state index contributed by atoms with van der Waals surface area (Å²) in [6.45, 7) is 1.76. The molecule has 0 spiro atoms. The molecule has 0 fully saturated rings. The van der Waals surface area contributed by atoms with E-state index in [-0.39, 0.29) is 22.4 Å². The second kappa shape index (κ2) is 3.87. The third kappa shape index (κ3) is 2.06. The minimum absolute atomic E-state index is 0.0179. The Balaban J connectivity index is 3.28. The number of nitrogens with two attached hydrogens (primary N) is 1. The topological polar surface area (TPSA) is 43.1 Å². The molecule has 1 rings (SSSR count). The lowest BCUT2D eigenvalue weighted by Crippen LogP contribution is -2.06. The maximum absolute atomic E-state index is 13.3. The van der Waals surface area contributed by atoms with Gasteiger partial charge in [0.1, 0.15) is 0 Å². The van der Waals surface area contributed by atoms with Gasteiger partial charge in [0.15, 0.2) is 11.6 Å². The highest BCUT2D eigenvalue weighted by Gasteiger charge is 2.13. The number of halogens is 2. The van der Waals surface area contributed by atoms with Crippen molar-refractivity contribution in [1.29, 1.82) is 0 Å². The molecule has 0 bridgehead atoms. The predicted octanol–water partition coefficient (Wildman–Crippen LogP) is 2.29. The number of benzene rings is 1. The molecular formula is C9H9BrFNO. The molecule has 0 unspecified atom stereocenters.